The van der Waals surface area contributed by atoms with E-state index in [1.807, 2.05) is 23.6 Å². The van der Waals surface area contributed by atoms with E-state index < -0.39 is 23.8 Å². The van der Waals surface area contributed by atoms with Crippen LogP contribution in [0.15, 0.2) is 42.5 Å². The standard InChI is InChI=1S/C23H23N3O4S/c1-14-13-16(21(28)25-9-11-31-12-10-25)7-8-19(14)24-20(27)15(2)26-22(29)17-5-3-4-6-18(17)23(26)30/h3-8,13,15H,9-12H2,1-2H3,(H,24,27). The molecular weight excluding hydrogens is 414 g/mol. The predicted molar refractivity (Wildman–Crippen MR) is 119 cm³/mol. The molecule has 1 atom stereocenters. The van der Waals surface area contributed by atoms with Crippen molar-refractivity contribution in [2.75, 3.05) is 29.9 Å². The fraction of sp³-hybridized carbons (Fsp3) is 0.304. The molecule has 1 fully saturated rings. The summed E-state index contributed by atoms with van der Waals surface area (Å²) in [6.07, 6.45) is 0. The van der Waals surface area contributed by atoms with Crippen molar-refractivity contribution in [3.05, 3.63) is 64.7 Å². The van der Waals surface area contributed by atoms with Gasteiger partial charge in [-0.25, -0.2) is 0 Å². The topological polar surface area (TPSA) is 86.8 Å². The molecule has 2 aromatic carbocycles. The molecule has 2 aliphatic rings. The fourth-order valence-electron chi connectivity index (χ4n) is 3.80. The van der Waals surface area contributed by atoms with Crippen molar-refractivity contribution in [1.29, 1.82) is 0 Å². The number of carbonyl (C=O) groups excluding carboxylic acids is 4. The van der Waals surface area contributed by atoms with Gasteiger partial charge in [0.1, 0.15) is 6.04 Å². The van der Waals surface area contributed by atoms with Crippen molar-refractivity contribution >= 4 is 41.1 Å². The number of fused-ring (bicyclic) bond motifs is 1. The Morgan fingerprint density at radius 2 is 1.61 bits per heavy atom. The first-order valence-corrected chi connectivity index (χ1v) is 11.3. The Morgan fingerprint density at radius 3 is 2.19 bits per heavy atom. The van der Waals surface area contributed by atoms with Crippen LogP contribution in [0.4, 0.5) is 5.69 Å². The zero-order valence-electron chi connectivity index (χ0n) is 17.4. The van der Waals surface area contributed by atoms with Gasteiger partial charge in [0.15, 0.2) is 0 Å². The van der Waals surface area contributed by atoms with Crippen LogP contribution in [0.25, 0.3) is 0 Å². The molecule has 2 aromatic rings. The van der Waals surface area contributed by atoms with E-state index in [2.05, 4.69) is 5.32 Å². The zero-order valence-corrected chi connectivity index (χ0v) is 18.2. The van der Waals surface area contributed by atoms with Crippen molar-refractivity contribution in [1.82, 2.24) is 9.80 Å². The SMILES string of the molecule is Cc1cc(C(=O)N2CCSCC2)ccc1NC(=O)C(C)N1C(=O)c2ccccc2C1=O. The Kier molecular flexibility index (Phi) is 5.82. The average Bonchev–Trinajstić information content (AvgIpc) is 3.05. The lowest BCUT2D eigenvalue weighted by molar-refractivity contribution is -0.119. The monoisotopic (exact) mass is 437 g/mol. The lowest BCUT2D eigenvalue weighted by Crippen LogP contribution is -2.45. The summed E-state index contributed by atoms with van der Waals surface area (Å²) in [5, 5.41) is 2.79. The van der Waals surface area contributed by atoms with E-state index in [4.69, 9.17) is 0 Å². The number of anilines is 1. The van der Waals surface area contributed by atoms with E-state index in [-0.39, 0.29) is 5.91 Å². The summed E-state index contributed by atoms with van der Waals surface area (Å²) >= 11 is 1.84. The van der Waals surface area contributed by atoms with Gasteiger partial charge in [-0.05, 0) is 49.7 Å². The lowest BCUT2D eigenvalue weighted by atomic mass is 10.1. The minimum Gasteiger partial charge on any atom is -0.337 e. The van der Waals surface area contributed by atoms with Crippen molar-refractivity contribution in [2.24, 2.45) is 0 Å². The Labute approximate surface area is 184 Å². The molecule has 0 bridgehead atoms. The molecule has 1 saturated heterocycles. The Hall–Kier alpha value is -3.13. The maximum atomic E-state index is 12.8. The summed E-state index contributed by atoms with van der Waals surface area (Å²) in [7, 11) is 0. The summed E-state index contributed by atoms with van der Waals surface area (Å²) in [5.74, 6) is 0.454. The van der Waals surface area contributed by atoms with Gasteiger partial charge in [0.2, 0.25) is 5.91 Å². The normalized spacial score (nSPS) is 16.8. The number of benzene rings is 2. The molecule has 4 rings (SSSR count). The van der Waals surface area contributed by atoms with Gasteiger partial charge in [-0.1, -0.05) is 12.1 Å². The van der Waals surface area contributed by atoms with Crippen LogP contribution in [0.3, 0.4) is 0 Å². The quantitative estimate of drug-likeness (QED) is 0.744. The van der Waals surface area contributed by atoms with Gasteiger partial charge < -0.3 is 10.2 Å². The molecule has 0 aromatic heterocycles. The maximum Gasteiger partial charge on any atom is 0.262 e. The summed E-state index contributed by atoms with van der Waals surface area (Å²) in [5.41, 5.74) is 2.47. The maximum absolute atomic E-state index is 12.8. The van der Waals surface area contributed by atoms with Crippen molar-refractivity contribution in [2.45, 2.75) is 19.9 Å². The fourth-order valence-corrected chi connectivity index (χ4v) is 4.70. The molecule has 0 spiro atoms. The number of carbonyl (C=O) groups is 4. The molecule has 0 saturated carbocycles. The molecule has 4 amide bonds. The molecule has 2 aliphatic heterocycles. The van der Waals surface area contributed by atoms with E-state index in [0.717, 1.165) is 35.1 Å². The Morgan fingerprint density at radius 1 is 1.00 bits per heavy atom. The summed E-state index contributed by atoms with van der Waals surface area (Å²) < 4.78 is 0. The first-order valence-electron chi connectivity index (χ1n) is 10.1. The lowest BCUT2D eigenvalue weighted by Gasteiger charge is -2.26. The minimum absolute atomic E-state index is 0.0133. The van der Waals surface area contributed by atoms with Crippen molar-refractivity contribution in [3.63, 3.8) is 0 Å². The number of hydrogen-bond acceptors (Lipinski definition) is 5. The summed E-state index contributed by atoms with van der Waals surface area (Å²) in [6.45, 7) is 4.81. The van der Waals surface area contributed by atoms with Crippen LogP contribution in [-0.4, -0.2) is 64.1 Å². The molecule has 160 valence electrons. The molecule has 1 N–H and O–H groups in total. The van der Waals surface area contributed by atoms with Gasteiger partial charge in [-0.15, -0.1) is 0 Å². The van der Waals surface area contributed by atoms with Crippen molar-refractivity contribution < 1.29 is 19.2 Å². The first kappa shape index (κ1) is 21.1. The molecule has 31 heavy (non-hydrogen) atoms. The smallest absolute Gasteiger partial charge is 0.262 e. The van der Waals surface area contributed by atoms with Gasteiger partial charge in [-0.2, -0.15) is 11.8 Å². The number of thioether (sulfide) groups is 1. The largest absolute Gasteiger partial charge is 0.337 e. The number of nitrogens with zero attached hydrogens (tertiary/aromatic N) is 2. The van der Waals surface area contributed by atoms with Crippen LogP contribution in [0.1, 0.15) is 43.6 Å². The van der Waals surface area contributed by atoms with Gasteiger partial charge >= 0.3 is 0 Å². The number of hydrogen-bond donors (Lipinski definition) is 1. The van der Waals surface area contributed by atoms with Crippen LogP contribution in [0, 0.1) is 6.92 Å². The summed E-state index contributed by atoms with van der Waals surface area (Å²) in [4.78, 5) is 53.6. The van der Waals surface area contributed by atoms with Crippen LogP contribution in [0.2, 0.25) is 0 Å². The number of imide groups is 1. The van der Waals surface area contributed by atoms with Crippen LogP contribution < -0.4 is 5.32 Å². The van der Waals surface area contributed by atoms with Gasteiger partial charge in [0.05, 0.1) is 11.1 Å². The second-order valence-electron chi connectivity index (χ2n) is 7.63. The number of aryl methyl sites for hydroxylation is 1. The van der Waals surface area contributed by atoms with E-state index in [0.29, 0.717) is 22.4 Å². The third kappa shape index (κ3) is 3.95. The minimum atomic E-state index is -0.973. The van der Waals surface area contributed by atoms with Gasteiger partial charge in [0.25, 0.3) is 17.7 Å². The molecule has 0 radical (unpaired) electrons. The highest BCUT2D eigenvalue weighted by molar-refractivity contribution is 7.99. The zero-order chi connectivity index (χ0) is 22.1. The molecule has 1 unspecified atom stereocenters. The molecule has 0 aliphatic carbocycles. The molecular formula is C23H23N3O4S. The average molecular weight is 438 g/mol. The second kappa shape index (κ2) is 8.55. The number of rotatable bonds is 4. The predicted octanol–water partition coefficient (Wildman–Crippen LogP) is 2.81. The third-order valence-corrected chi connectivity index (χ3v) is 6.56. The van der Waals surface area contributed by atoms with Gasteiger partial charge in [-0.3, -0.25) is 24.1 Å². The molecule has 7 nitrogen and oxygen atoms in total. The number of amides is 4. The summed E-state index contributed by atoms with van der Waals surface area (Å²) in [6, 6.07) is 10.7. The third-order valence-electron chi connectivity index (χ3n) is 5.62. The Balaban J connectivity index is 1.47. The van der Waals surface area contributed by atoms with Crippen LogP contribution in [-0.2, 0) is 4.79 Å². The van der Waals surface area contributed by atoms with Crippen LogP contribution in [0.5, 0.6) is 0 Å². The molecule has 2 heterocycles. The van der Waals surface area contributed by atoms with E-state index in [1.54, 1.807) is 42.5 Å². The Bertz CT molecular complexity index is 1040. The molecule has 8 heteroatoms. The van der Waals surface area contributed by atoms with E-state index in [1.165, 1.54) is 6.92 Å². The first-order chi connectivity index (χ1) is 14.9. The van der Waals surface area contributed by atoms with E-state index in [9.17, 15) is 19.2 Å². The number of nitrogens with one attached hydrogen (secondary N) is 1. The highest BCUT2D eigenvalue weighted by atomic mass is 32.2. The second-order valence-corrected chi connectivity index (χ2v) is 8.85. The highest BCUT2D eigenvalue weighted by Crippen LogP contribution is 2.25. The van der Waals surface area contributed by atoms with E-state index >= 15 is 0 Å². The van der Waals surface area contributed by atoms with Gasteiger partial charge in [0, 0.05) is 35.8 Å². The van der Waals surface area contributed by atoms with Crippen LogP contribution >= 0.6 is 11.8 Å². The highest BCUT2D eigenvalue weighted by Gasteiger charge is 2.40. The van der Waals surface area contributed by atoms with Crippen molar-refractivity contribution in [3.8, 4) is 0 Å².